The minimum Gasteiger partial charge on any atom is -0.361 e. The molecule has 1 aromatic heterocycles. The third-order valence-corrected chi connectivity index (χ3v) is 8.52. The zero-order chi connectivity index (χ0) is 24.3. The van der Waals surface area contributed by atoms with Crippen molar-refractivity contribution in [1.82, 2.24) is 9.55 Å². The first-order chi connectivity index (χ1) is 15.5. The van der Waals surface area contributed by atoms with Crippen molar-refractivity contribution >= 4 is 43.0 Å². The number of hydrogen-bond acceptors (Lipinski definition) is 3. The largest absolute Gasteiger partial charge is 0.361 e. The second-order valence-corrected chi connectivity index (χ2v) is 16.4. The van der Waals surface area contributed by atoms with Crippen LogP contribution in [0.4, 0.5) is 8.78 Å². The Morgan fingerprint density at radius 3 is 2.03 bits per heavy atom. The lowest BCUT2D eigenvalue weighted by Crippen LogP contribution is -2.22. The molecule has 0 saturated carbocycles. The van der Waals surface area contributed by atoms with Crippen molar-refractivity contribution in [1.29, 1.82) is 0 Å². The third kappa shape index (κ3) is 6.39. The Bertz CT molecular complexity index is 1080. The zero-order valence-corrected chi connectivity index (χ0v) is 22.7. The SMILES string of the molecule is CSc1c(C)nc(C(c2ccc(F)c(Cl)c2)c2ccc(F)c(Cl)c2)n1COCC[Si](C)(C)C. The summed E-state index contributed by atoms with van der Waals surface area (Å²) < 4.78 is 36.0. The Labute approximate surface area is 209 Å². The monoisotopic (exact) mass is 528 g/mol. The van der Waals surface area contributed by atoms with Crippen LogP contribution in [-0.2, 0) is 11.5 Å². The summed E-state index contributed by atoms with van der Waals surface area (Å²) in [6.45, 7) is 9.86. The molecular formula is C24H28Cl2F2N2OSSi. The van der Waals surface area contributed by atoms with Gasteiger partial charge in [-0.05, 0) is 54.6 Å². The van der Waals surface area contributed by atoms with Crippen molar-refractivity contribution in [3.05, 3.63) is 80.7 Å². The van der Waals surface area contributed by atoms with E-state index < -0.39 is 25.6 Å². The van der Waals surface area contributed by atoms with Gasteiger partial charge in [-0.15, -0.1) is 11.8 Å². The second kappa shape index (κ2) is 10.9. The summed E-state index contributed by atoms with van der Waals surface area (Å²) in [5.41, 5.74) is 2.31. The van der Waals surface area contributed by atoms with Gasteiger partial charge in [-0.3, -0.25) is 4.57 Å². The molecule has 3 aromatic rings. The van der Waals surface area contributed by atoms with E-state index in [2.05, 4.69) is 19.6 Å². The molecule has 0 amide bonds. The summed E-state index contributed by atoms with van der Waals surface area (Å²) in [6.07, 6.45) is 1.99. The van der Waals surface area contributed by atoms with Crippen molar-refractivity contribution in [2.24, 2.45) is 0 Å². The first-order valence-electron chi connectivity index (χ1n) is 10.6. The first-order valence-corrected chi connectivity index (χ1v) is 16.3. The van der Waals surface area contributed by atoms with E-state index in [4.69, 9.17) is 32.9 Å². The van der Waals surface area contributed by atoms with E-state index in [1.807, 2.05) is 17.7 Å². The quantitative estimate of drug-likeness (QED) is 0.160. The number of aromatic nitrogens is 2. The van der Waals surface area contributed by atoms with E-state index >= 15 is 0 Å². The Morgan fingerprint density at radius 2 is 1.58 bits per heavy atom. The molecule has 0 atom stereocenters. The number of ether oxygens (including phenoxy) is 1. The van der Waals surface area contributed by atoms with Crippen LogP contribution in [-0.4, -0.2) is 30.5 Å². The Morgan fingerprint density at radius 1 is 1.03 bits per heavy atom. The van der Waals surface area contributed by atoms with Crippen molar-refractivity contribution in [2.45, 2.75) is 50.3 Å². The molecule has 0 aliphatic carbocycles. The van der Waals surface area contributed by atoms with Crippen molar-refractivity contribution < 1.29 is 13.5 Å². The molecule has 0 N–H and O–H groups in total. The van der Waals surface area contributed by atoms with Gasteiger partial charge in [-0.25, -0.2) is 13.8 Å². The van der Waals surface area contributed by atoms with E-state index in [-0.39, 0.29) is 10.0 Å². The maximum Gasteiger partial charge on any atom is 0.141 e. The number of hydrogen-bond donors (Lipinski definition) is 0. The fourth-order valence-electron chi connectivity index (χ4n) is 3.59. The molecule has 3 nitrogen and oxygen atoms in total. The molecule has 0 spiro atoms. The summed E-state index contributed by atoms with van der Waals surface area (Å²) in [7, 11) is -1.23. The van der Waals surface area contributed by atoms with Gasteiger partial charge >= 0.3 is 0 Å². The van der Waals surface area contributed by atoms with Crippen LogP contribution >= 0.6 is 35.0 Å². The predicted octanol–water partition coefficient (Wildman–Crippen LogP) is 7.99. The first kappa shape index (κ1) is 26.2. The van der Waals surface area contributed by atoms with Crippen LogP contribution in [0.5, 0.6) is 0 Å². The van der Waals surface area contributed by atoms with Gasteiger partial charge in [0.15, 0.2) is 0 Å². The fourth-order valence-corrected chi connectivity index (χ4v) is 5.43. The zero-order valence-electron chi connectivity index (χ0n) is 19.4. The number of benzene rings is 2. The van der Waals surface area contributed by atoms with Crippen molar-refractivity contribution in [2.75, 3.05) is 12.9 Å². The van der Waals surface area contributed by atoms with Crippen LogP contribution in [0.1, 0.15) is 28.6 Å². The number of nitrogens with zero attached hydrogens (tertiary/aromatic N) is 2. The highest BCUT2D eigenvalue weighted by Gasteiger charge is 2.27. The smallest absolute Gasteiger partial charge is 0.141 e. The molecule has 0 bridgehead atoms. The summed E-state index contributed by atoms with van der Waals surface area (Å²) in [6, 6.07) is 10.2. The second-order valence-electron chi connectivity index (χ2n) is 9.12. The van der Waals surface area contributed by atoms with Gasteiger partial charge in [-0.2, -0.15) is 0 Å². The van der Waals surface area contributed by atoms with Gasteiger partial charge in [0.25, 0.3) is 0 Å². The molecule has 0 fully saturated rings. The average Bonchev–Trinajstić information content (AvgIpc) is 3.05. The molecule has 0 unspecified atom stereocenters. The van der Waals surface area contributed by atoms with Crippen LogP contribution in [0.25, 0.3) is 0 Å². The molecule has 3 rings (SSSR count). The average molecular weight is 530 g/mol. The van der Waals surface area contributed by atoms with E-state index in [0.29, 0.717) is 19.2 Å². The van der Waals surface area contributed by atoms with Gasteiger partial charge in [0.05, 0.1) is 26.7 Å². The lowest BCUT2D eigenvalue weighted by Gasteiger charge is -2.22. The summed E-state index contributed by atoms with van der Waals surface area (Å²) >= 11 is 13.8. The topological polar surface area (TPSA) is 27.1 Å². The standard InChI is InChI=1S/C24H28Cl2F2N2OSSi/c1-15-24(32-2)30(14-31-10-11-33(3,4)5)23(29-15)22(16-6-8-20(27)18(25)12-16)17-7-9-21(28)19(26)13-17/h6-9,12-13,22H,10-11,14H2,1-5H3. The van der Waals surface area contributed by atoms with E-state index in [1.165, 1.54) is 12.1 Å². The van der Waals surface area contributed by atoms with Gasteiger partial charge in [0.1, 0.15) is 24.2 Å². The van der Waals surface area contributed by atoms with E-state index in [1.54, 1.807) is 36.0 Å². The molecular weight excluding hydrogens is 501 g/mol. The summed E-state index contributed by atoms with van der Waals surface area (Å²) in [5.74, 6) is -0.748. The van der Waals surface area contributed by atoms with Gasteiger partial charge in [-0.1, -0.05) is 55.0 Å². The summed E-state index contributed by atoms with van der Waals surface area (Å²) in [4.78, 5) is 4.86. The lowest BCUT2D eigenvalue weighted by atomic mass is 9.90. The normalized spacial score (nSPS) is 12.1. The number of imidazole rings is 1. The Balaban J connectivity index is 2.11. The molecule has 33 heavy (non-hydrogen) atoms. The molecule has 0 saturated heterocycles. The van der Waals surface area contributed by atoms with Crippen LogP contribution in [0.2, 0.25) is 35.7 Å². The van der Waals surface area contributed by atoms with Crippen LogP contribution in [0.15, 0.2) is 41.4 Å². The van der Waals surface area contributed by atoms with Crippen molar-refractivity contribution in [3.63, 3.8) is 0 Å². The van der Waals surface area contributed by atoms with Crippen LogP contribution in [0.3, 0.4) is 0 Å². The predicted molar refractivity (Wildman–Crippen MR) is 137 cm³/mol. The van der Waals surface area contributed by atoms with Gasteiger partial charge in [0, 0.05) is 14.7 Å². The summed E-state index contributed by atoms with van der Waals surface area (Å²) in [5, 5.41) is 0.999. The number of thioether (sulfide) groups is 1. The minimum absolute atomic E-state index is 0.0111. The van der Waals surface area contributed by atoms with E-state index in [9.17, 15) is 8.78 Å². The highest BCUT2D eigenvalue weighted by molar-refractivity contribution is 7.98. The van der Waals surface area contributed by atoms with Gasteiger partial charge in [0.2, 0.25) is 0 Å². The molecule has 0 aliphatic heterocycles. The van der Waals surface area contributed by atoms with Gasteiger partial charge < -0.3 is 4.74 Å². The molecule has 0 radical (unpaired) electrons. The van der Waals surface area contributed by atoms with Crippen LogP contribution < -0.4 is 0 Å². The number of rotatable bonds is 9. The molecule has 178 valence electrons. The highest BCUT2D eigenvalue weighted by Crippen LogP contribution is 2.37. The number of halogens is 4. The lowest BCUT2D eigenvalue weighted by molar-refractivity contribution is 0.0795. The Kier molecular flexibility index (Phi) is 8.67. The number of aryl methyl sites for hydroxylation is 1. The van der Waals surface area contributed by atoms with E-state index in [0.717, 1.165) is 27.9 Å². The minimum atomic E-state index is -1.23. The van der Waals surface area contributed by atoms with Crippen LogP contribution in [0, 0.1) is 18.6 Å². The molecule has 1 heterocycles. The Hall–Kier alpha value is -1.38. The molecule has 2 aromatic carbocycles. The highest BCUT2D eigenvalue weighted by atomic mass is 35.5. The maximum absolute atomic E-state index is 13.9. The fraction of sp³-hybridized carbons (Fsp3) is 0.375. The van der Waals surface area contributed by atoms with Crippen molar-refractivity contribution in [3.8, 4) is 0 Å². The maximum atomic E-state index is 13.9. The molecule has 9 heteroatoms. The third-order valence-electron chi connectivity index (χ3n) is 5.34. The molecule has 0 aliphatic rings.